The average molecular weight is 1160 g/mol. The van der Waals surface area contributed by atoms with Crippen molar-refractivity contribution in [3.05, 3.63) is 72.9 Å². The van der Waals surface area contributed by atoms with Crippen molar-refractivity contribution in [2.24, 2.45) is 0 Å². The van der Waals surface area contributed by atoms with Crippen molar-refractivity contribution >= 4 is 17.9 Å². The number of carbonyl (C=O) groups excluding carboxylic acids is 3. The summed E-state index contributed by atoms with van der Waals surface area (Å²) in [6.45, 7) is 6.58. The lowest BCUT2D eigenvalue weighted by atomic mass is 10.0. The quantitative estimate of drug-likeness (QED) is 0.0261. The molecular weight excluding hydrogens is 1020 g/mol. The lowest BCUT2D eigenvalue weighted by Crippen LogP contribution is -2.30. The van der Waals surface area contributed by atoms with Crippen LogP contribution in [0.15, 0.2) is 72.9 Å². The van der Waals surface area contributed by atoms with E-state index in [4.69, 9.17) is 14.2 Å². The third-order valence-electron chi connectivity index (χ3n) is 16.2. The maximum Gasteiger partial charge on any atom is 0.306 e. The van der Waals surface area contributed by atoms with Gasteiger partial charge in [-0.05, 0) is 89.9 Å². The van der Waals surface area contributed by atoms with Crippen molar-refractivity contribution in [1.29, 1.82) is 0 Å². The Kier molecular flexibility index (Phi) is 68.6. The minimum Gasteiger partial charge on any atom is -0.462 e. The molecule has 6 nitrogen and oxygen atoms in total. The van der Waals surface area contributed by atoms with Gasteiger partial charge >= 0.3 is 17.9 Å². The smallest absolute Gasteiger partial charge is 0.306 e. The third-order valence-corrected chi connectivity index (χ3v) is 16.2. The molecule has 0 aromatic rings. The van der Waals surface area contributed by atoms with Crippen molar-refractivity contribution < 1.29 is 28.6 Å². The van der Waals surface area contributed by atoms with Gasteiger partial charge in [0.1, 0.15) is 13.2 Å². The Morgan fingerprint density at radius 2 is 0.470 bits per heavy atom. The molecule has 83 heavy (non-hydrogen) atoms. The number of rotatable bonds is 67. The highest BCUT2D eigenvalue weighted by Crippen LogP contribution is 2.18. The van der Waals surface area contributed by atoms with E-state index in [0.717, 1.165) is 89.9 Å². The van der Waals surface area contributed by atoms with Gasteiger partial charge in [-0.2, -0.15) is 0 Å². The average Bonchev–Trinajstić information content (AvgIpc) is 3.49. The molecule has 1 atom stereocenters. The topological polar surface area (TPSA) is 78.9 Å². The summed E-state index contributed by atoms with van der Waals surface area (Å²) in [6.07, 6.45) is 93.7. The minimum absolute atomic E-state index is 0.0704. The Balaban J connectivity index is 4.18. The van der Waals surface area contributed by atoms with Crippen molar-refractivity contribution in [1.82, 2.24) is 0 Å². The van der Waals surface area contributed by atoms with Gasteiger partial charge in [-0.1, -0.05) is 344 Å². The van der Waals surface area contributed by atoms with Crippen molar-refractivity contribution in [2.45, 2.75) is 386 Å². The van der Waals surface area contributed by atoms with Crippen LogP contribution in [0.4, 0.5) is 0 Å². The summed E-state index contributed by atoms with van der Waals surface area (Å²) in [5.41, 5.74) is 0. The number of unbranched alkanes of at least 4 members (excludes halogenated alkanes) is 44. The van der Waals surface area contributed by atoms with Crippen LogP contribution in [0.2, 0.25) is 0 Å². The zero-order valence-corrected chi connectivity index (χ0v) is 55.5. The van der Waals surface area contributed by atoms with Gasteiger partial charge in [-0.3, -0.25) is 14.4 Å². The number of hydrogen-bond acceptors (Lipinski definition) is 6. The number of esters is 3. The third kappa shape index (κ3) is 69.5. The van der Waals surface area contributed by atoms with E-state index >= 15 is 0 Å². The molecule has 0 aliphatic carbocycles. The van der Waals surface area contributed by atoms with Gasteiger partial charge in [0.05, 0.1) is 0 Å². The molecule has 6 heteroatoms. The molecule has 0 saturated heterocycles. The summed E-state index contributed by atoms with van der Waals surface area (Å²) in [6, 6.07) is 0. The summed E-state index contributed by atoms with van der Waals surface area (Å²) in [7, 11) is 0. The van der Waals surface area contributed by atoms with E-state index in [-0.39, 0.29) is 31.1 Å². The molecule has 0 aliphatic heterocycles. The van der Waals surface area contributed by atoms with Crippen LogP contribution < -0.4 is 0 Å². The van der Waals surface area contributed by atoms with Crippen molar-refractivity contribution in [2.75, 3.05) is 13.2 Å². The molecule has 482 valence electrons. The fourth-order valence-electron chi connectivity index (χ4n) is 10.8. The highest BCUT2D eigenvalue weighted by molar-refractivity contribution is 5.71. The van der Waals surface area contributed by atoms with Crippen molar-refractivity contribution in [3.63, 3.8) is 0 Å². The Labute approximate surface area is 516 Å². The monoisotopic (exact) mass is 1160 g/mol. The Morgan fingerprint density at radius 3 is 0.747 bits per heavy atom. The molecule has 0 N–H and O–H groups in total. The Hall–Kier alpha value is -3.15. The van der Waals surface area contributed by atoms with Gasteiger partial charge in [-0.15, -0.1) is 0 Å². The van der Waals surface area contributed by atoms with Crippen LogP contribution in [0.5, 0.6) is 0 Å². The van der Waals surface area contributed by atoms with E-state index in [2.05, 4.69) is 93.7 Å². The molecule has 0 amide bonds. The summed E-state index contributed by atoms with van der Waals surface area (Å²) in [5, 5.41) is 0. The second-order valence-electron chi connectivity index (χ2n) is 24.5. The first-order chi connectivity index (χ1) is 41.0. The van der Waals surface area contributed by atoms with Crippen molar-refractivity contribution in [3.8, 4) is 0 Å². The maximum atomic E-state index is 12.9. The van der Waals surface area contributed by atoms with Crippen LogP contribution in [0, 0.1) is 0 Å². The molecule has 0 rings (SSSR count). The Bertz CT molecular complexity index is 1520. The first-order valence-corrected chi connectivity index (χ1v) is 36.4. The predicted molar refractivity (Wildman–Crippen MR) is 362 cm³/mol. The van der Waals surface area contributed by atoms with Crippen LogP contribution in [-0.4, -0.2) is 37.2 Å². The molecule has 0 aliphatic rings. The highest BCUT2D eigenvalue weighted by Gasteiger charge is 2.19. The van der Waals surface area contributed by atoms with E-state index in [1.165, 1.54) is 250 Å². The van der Waals surface area contributed by atoms with Gasteiger partial charge < -0.3 is 14.2 Å². The molecule has 0 saturated carbocycles. The standard InChI is InChI=1S/C77H138O6/c1-4-7-10-13-16-19-22-25-28-30-32-33-34-35-36-37-38-39-40-41-42-43-44-45-46-48-49-52-55-58-61-64-67-70-76(79)82-73-74(72-81-75(78)69-66-63-60-57-54-51-27-24-21-18-15-12-9-6-3)83-77(80)71-68-65-62-59-56-53-50-47-31-29-26-23-20-17-14-11-8-5-2/h7,10,16,19,25,28-29,31-33,35-36,74H,4-6,8-9,11-15,17-18,20-24,26-27,30,34,37-73H2,1-3H3/b10-7-,19-16-,28-25-,31-29-,33-32-,36-35-. The zero-order chi connectivity index (χ0) is 59.9. The first kappa shape index (κ1) is 79.8. The van der Waals surface area contributed by atoms with E-state index in [1.54, 1.807) is 0 Å². The Morgan fingerprint density at radius 1 is 0.253 bits per heavy atom. The molecular formula is C77H138O6. The van der Waals surface area contributed by atoms with Gasteiger partial charge in [0.15, 0.2) is 6.10 Å². The van der Waals surface area contributed by atoms with E-state index in [9.17, 15) is 14.4 Å². The minimum atomic E-state index is -0.775. The molecule has 0 radical (unpaired) electrons. The summed E-state index contributed by atoms with van der Waals surface area (Å²) >= 11 is 0. The van der Waals surface area contributed by atoms with E-state index < -0.39 is 6.10 Å². The SMILES string of the molecule is CC/C=C\C/C=C\C/C=C\C/C=C\C/C=C\CCCCCCCCCCCCCCCCCCCC(=O)OCC(COC(=O)CCCCCCCCCCCCCCCC)OC(=O)CCCCCCCCC/C=C\CCCCCCCCC. The van der Waals surface area contributed by atoms with E-state index in [0.29, 0.717) is 19.3 Å². The molecule has 0 fully saturated rings. The number of ether oxygens (including phenoxy) is 3. The fraction of sp³-hybridized carbons (Fsp3) is 0.805. The zero-order valence-electron chi connectivity index (χ0n) is 55.5. The van der Waals surface area contributed by atoms with Crippen LogP contribution in [0.1, 0.15) is 380 Å². The summed E-state index contributed by atoms with van der Waals surface area (Å²) in [5.74, 6) is -0.849. The normalized spacial score (nSPS) is 12.5. The van der Waals surface area contributed by atoms with E-state index in [1.807, 2.05) is 0 Å². The van der Waals surface area contributed by atoms with Gasteiger partial charge in [-0.25, -0.2) is 0 Å². The molecule has 0 bridgehead atoms. The second kappa shape index (κ2) is 71.3. The number of allylic oxidation sites excluding steroid dienone is 12. The first-order valence-electron chi connectivity index (χ1n) is 36.4. The lowest BCUT2D eigenvalue weighted by molar-refractivity contribution is -0.167. The van der Waals surface area contributed by atoms with Crippen LogP contribution >= 0.6 is 0 Å². The molecule has 0 aromatic heterocycles. The summed E-state index contributed by atoms with van der Waals surface area (Å²) < 4.78 is 17.0. The second-order valence-corrected chi connectivity index (χ2v) is 24.5. The number of hydrogen-bond donors (Lipinski definition) is 0. The predicted octanol–water partition coefficient (Wildman–Crippen LogP) is 25.2. The summed E-state index contributed by atoms with van der Waals surface area (Å²) in [4.78, 5) is 38.4. The molecule has 1 unspecified atom stereocenters. The van der Waals surface area contributed by atoms with Crippen LogP contribution in [0.3, 0.4) is 0 Å². The number of carbonyl (C=O) groups is 3. The maximum absolute atomic E-state index is 12.9. The lowest BCUT2D eigenvalue weighted by Gasteiger charge is -2.18. The van der Waals surface area contributed by atoms with Gasteiger partial charge in [0.2, 0.25) is 0 Å². The van der Waals surface area contributed by atoms with Gasteiger partial charge in [0.25, 0.3) is 0 Å². The fourth-order valence-corrected chi connectivity index (χ4v) is 10.8. The van der Waals surface area contributed by atoms with Gasteiger partial charge in [0, 0.05) is 19.3 Å². The van der Waals surface area contributed by atoms with Crippen LogP contribution in [-0.2, 0) is 28.6 Å². The molecule has 0 spiro atoms. The molecule has 0 aromatic carbocycles. The van der Waals surface area contributed by atoms with Crippen LogP contribution in [0.25, 0.3) is 0 Å². The largest absolute Gasteiger partial charge is 0.462 e. The highest BCUT2D eigenvalue weighted by atomic mass is 16.6. The molecule has 0 heterocycles.